The van der Waals surface area contributed by atoms with E-state index in [1.807, 2.05) is 58.0 Å². The van der Waals surface area contributed by atoms with Gasteiger partial charge in [0.2, 0.25) is 0 Å². The van der Waals surface area contributed by atoms with Gasteiger partial charge in [0.1, 0.15) is 5.82 Å². The molecule has 6 nitrogen and oxygen atoms in total. The molecule has 1 saturated heterocycles. The number of piperazine rings is 1. The van der Waals surface area contributed by atoms with Crippen LogP contribution in [0.3, 0.4) is 0 Å². The molecule has 1 aliphatic heterocycles. The van der Waals surface area contributed by atoms with Gasteiger partial charge >= 0.3 is 0 Å². The van der Waals surface area contributed by atoms with Crippen LogP contribution in [0.15, 0.2) is 53.5 Å². The van der Waals surface area contributed by atoms with E-state index in [4.69, 9.17) is 5.26 Å². The summed E-state index contributed by atoms with van der Waals surface area (Å²) in [7, 11) is 0. The Balaban J connectivity index is 0.000000815. The van der Waals surface area contributed by atoms with Crippen LogP contribution < -0.4 is 10.5 Å². The highest BCUT2D eigenvalue weighted by Crippen LogP contribution is 2.31. The summed E-state index contributed by atoms with van der Waals surface area (Å²) in [5.74, 6) is -0.508. The number of fused-ring (bicyclic) bond motifs is 1. The molecule has 1 aromatic carbocycles. The molecule has 2 aromatic heterocycles. The summed E-state index contributed by atoms with van der Waals surface area (Å²) in [6, 6.07) is 13.3. The lowest BCUT2D eigenvalue weighted by Crippen LogP contribution is -2.49. The number of rotatable bonds is 3. The van der Waals surface area contributed by atoms with E-state index in [0.29, 0.717) is 17.1 Å². The summed E-state index contributed by atoms with van der Waals surface area (Å²) < 4.78 is 13.4. The molecule has 1 atom stereocenters. The van der Waals surface area contributed by atoms with Gasteiger partial charge < -0.3 is 9.88 Å². The van der Waals surface area contributed by atoms with Crippen LogP contribution in [0, 0.1) is 17.1 Å². The predicted molar refractivity (Wildman–Crippen MR) is 141 cm³/mol. The normalized spacial score (nSPS) is 17.5. The number of nitrogens with zero attached hydrogens (tertiary/aromatic N) is 4. The molecule has 3 heterocycles. The minimum Gasteiger partial charge on any atom is -0.369 e. The zero-order valence-electron chi connectivity index (χ0n) is 21.0. The average Bonchev–Trinajstić information content (AvgIpc) is 3.42. The number of nitriles is 1. The SMILES string of the molecule is CC.CC.N#Cc1ccc(N2CCN(C3C=C(c4cc5ncc(F)cc5c(=O)[nH]4)CC3)CC2)cc1. The largest absolute Gasteiger partial charge is 0.369 e. The molecule has 3 aromatic rings. The van der Waals surface area contributed by atoms with Crippen molar-refractivity contribution >= 4 is 22.2 Å². The van der Waals surface area contributed by atoms with Crippen LogP contribution in [0.25, 0.3) is 16.5 Å². The predicted octanol–water partition coefficient (Wildman–Crippen LogP) is 5.35. The Morgan fingerprint density at radius 2 is 1.74 bits per heavy atom. The molecule has 1 N–H and O–H groups in total. The number of aromatic amines is 1. The first-order valence-electron chi connectivity index (χ1n) is 12.5. The first-order valence-corrected chi connectivity index (χ1v) is 12.5. The minimum absolute atomic E-state index is 0.276. The number of H-pyrrole nitrogens is 1. The van der Waals surface area contributed by atoms with Crippen molar-refractivity contribution < 1.29 is 4.39 Å². The van der Waals surface area contributed by atoms with Gasteiger partial charge in [0.15, 0.2) is 0 Å². The molecule has 2 aliphatic rings. The molecule has 0 saturated carbocycles. The van der Waals surface area contributed by atoms with Gasteiger partial charge in [-0.3, -0.25) is 14.7 Å². The van der Waals surface area contributed by atoms with Gasteiger partial charge in [-0.1, -0.05) is 33.8 Å². The monoisotopic (exact) mass is 475 g/mol. The molecule has 35 heavy (non-hydrogen) atoms. The Labute approximate surface area is 206 Å². The average molecular weight is 476 g/mol. The van der Waals surface area contributed by atoms with Crippen molar-refractivity contribution in [1.29, 1.82) is 5.26 Å². The fraction of sp³-hybridized carbons (Fsp3) is 0.393. The highest BCUT2D eigenvalue weighted by Gasteiger charge is 2.27. The van der Waals surface area contributed by atoms with Crippen molar-refractivity contribution in [2.45, 2.75) is 46.6 Å². The maximum atomic E-state index is 13.4. The van der Waals surface area contributed by atoms with E-state index < -0.39 is 5.82 Å². The number of pyridine rings is 2. The lowest BCUT2D eigenvalue weighted by molar-refractivity contribution is 0.214. The molecule has 184 valence electrons. The van der Waals surface area contributed by atoms with E-state index in [2.05, 4.69) is 31.9 Å². The van der Waals surface area contributed by atoms with Crippen molar-refractivity contribution in [3.05, 3.63) is 76.1 Å². The van der Waals surface area contributed by atoms with Crippen molar-refractivity contribution in [2.75, 3.05) is 31.1 Å². The first kappa shape index (κ1) is 26.1. The molecule has 1 unspecified atom stereocenters. The third-order valence-electron chi connectivity index (χ3n) is 6.25. The van der Waals surface area contributed by atoms with E-state index in [-0.39, 0.29) is 10.9 Å². The summed E-state index contributed by atoms with van der Waals surface area (Å²) in [5.41, 5.74) is 3.93. The Hall–Kier alpha value is -3.50. The summed E-state index contributed by atoms with van der Waals surface area (Å²) in [5, 5.41) is 9.24. The second-order valence-electron chi connectivity index (χ2n) is 8.08. The van der Waals surface area contributed by atoms with Crippen LogP contribution >= 0.6 is 0 Å². The summed E-state index contributed by atoms with van der Waals surface area (Å²) in [6.07, 6.45) is 5.30. The first-order chi connectivity index (χ1) is 17.1. The lowest BCUT2D eigenvalue weighted by atomic mass is 10.1. The van der Waals surface area contributed by atoms with Crippen molar-refractivity contribution in [2.24, 2.45) is 0 Å². The van der Waals surface area contributed by atoms with Gasteiger partial charge in [-0.25, -0.2) is 4.39 Å². The van der Waals surface area contributed by atoms with Crippen LogP contribution in [-0.4, -0.2) is 47.1 Å². The highest BCUT2D eigenvalue weighted by molar-refractivity contribution is 5.81. The van der Waals surface area contributed by atoms with Crippen LogP contribution in [0.2, 0.25) is 0 Å². The van der Waals surface area contributed by atoms with E-state index >= 15 is 0 Å². The number of anilines is 1. The van der Waals surface area contributed by atoms with Gasteiger partial charge in [0.05, 0.1) is 28.7 Å². The number of aromatic nitrogens is 2. The fourth-order valence-electron chi connectivity index (χ4n) is 4.56. The van der Waals surface area contributed by atoms with Crippen LogP contribution in [0.1, 0.15) is 51.8 Å². The van der Waals surface area contributed by atoms with Gasteiger partial charge in [-0.15, -0.1) is 0 Å². The van der Waals surface area contributed by atoms with Crippen molar-refractivity contribution in [1.82, 2.24) is 14.9 Å². The fourth-order valence-corrected chi connectivity index (χ4v) is 4.56. The zero-order valence-corrected chi connectivity index (χ0v) is 21.0. The highest BCUT2D eigenvalue weighted by atomic mass is 19.1. The lowest BCUT2D eigenvalue weighted by Gasteiger charge is -2.38. The smallest absolute Gasteiger partial charge is 0.257 e. The minimum atomic E-state index is -0.508. The summed E-state index contributed by atoms with van der Waals surface area (Å²) in [6.45, 7) is 11.8. The number of benzene rings is 1. The molecular formula is C28H34FN5O. The number of nitrogens with one attached hydrogen (secondary N) is 1. The molecule has 0 spiro atoms. The third kappa shape index (κ3) is 5.95. The van der Waals surface area contributed by atoms with E-state index in [0.717, 1.165) is 62.2 Å². The number of hydrogen-bond acceptors (Lipinski definition) is 5. The van der Waals surface area contributed by atoms with Crippen LogP contribution in [0.4, 0.5) is 10.1 Å². The molecule has 7 heteroatoms. The van der Waals surface area contributed by atoms with E-state index in [9.17, 15) is 9.18 Å². The van der Waals surface area contributed by atoms with Gasteiger partial charge in [0, 0.05) is 43.6 Å². The maximum absolute atomic E-state index is 13.4. The van der Waals surface area contributed by atoms with Crippen molar-refractivity contribution in [3.63, 3.8) is 0 Å². The second-order valence-corrected chi connectivity index (χ2v) is 8.08. The Morgan fingerprint density at radius 1 is 1.06 bits per heavy atom. The standard InChI is InChI=1S/C24H22FN5O.2C2H6/c25-18-12-21-23(27-15-18)13-22(28-24(21)31)17-3-6-20(11-17)30-9-7-29(8-10-30)19-4-1-16(14-26)2-5-19;2*1-2/h1-2,4-5,11-13,15,20H,3,6-10H2,(H,28,31);2*1-2H3. The molecule has 5 rings (SSSR count). The Bertz CT molecular complexity index is 1250. The van der Waals surface area contributed by atoms with Gasteiger partial charge in [-0.2, -0.15) is 5.26 Å². The molecule has 0 amide bonds. The molecule has 0 bridgehead atoms. The third-order valence-corrected chi connectivity index (χ3v) is 6.25. The second kappa shape index (κ2) is 12.3. The Morgan fingerprint density at radius 3 is 2.40 bits per heavy atom. The van der Waals surface area contributed by atoms with Gasteiger partial charge in [0.25, 0.3) is 5.56 Å². The molecule has 0 radical (unpaired) electrons. The summed E-state index contributed by atoms with van der Waals surface area (Å²) in [4.78, 5) is 24.2. The topological polar surface area (TPSA) is 76.0 Å². The van der Waals surface area contributed by atoms with E-state index in [1.54, 1.807) is 0 Å². The molecular weight excluding hydrogens is 441 g/mol. The molecule has 1 fully saturated rings. The number of hydrogen-bond donors (Lipinski definition) is 1. The molecule has 1 aliphatic carbocycles. The number of allylic oxidation sites excluding steroid dienone is 1. The van der Waals surface area contributed by atoms with Crippen molar-refractivity contribution in [3.8, 4) is 6.07 Å². The number of halogens is 1. The maximum Gasteiger partial charge on any atom is 0.257 e. The van der Waals surface area contributed by atoms with Crippen LogP contribution in [0.5, 0.6) is 0 Å². The Kier molecular flexibility index (Phi) is 9.16. The quantitative estimate of drug-likeness (QED) is 0.552. The van der Waals surface area contributed by atoms with Gasteiger partial charge in [-0.05, 0) is 54.8 Å². The van der Waals surface area contributed by atoms with E-state index in [1.165, 1.54) is 6.07 Å². The van der Waals surface area contributed by atoms with Crippen LogP contribution in [-0.2, 0) is 0 Å². The summed E-state index contributed by atoms with van der Waals surface area (Å²) >= 11 is 0. The zero-order chi connectivity index (χ0) is 25.4.